The first-order chi connectivity index (χ1) is 19.7. The lowest BCUT2D eigenvalue weighted by atomic mass is 9.83. The number of carbonyl (C=O) groups is 1. The number of aliphatic carboxylic acids is 1. The second-order valence-corrected chi connectivity index (χ2v) is 14.5. The molecular formula is C32H38N2O6S. The zero-order chi connectivity index (χ0) is 28.6. The predicted octanol–water partition coefficient (Wildman–Crippen LogP) is 5.25. The van der Waals surface area contributed by atoms with E-state index in [1.165, 1.54) is 24.8 Å². The van der Waals surface area contributed by atoms with Crippen molar-refractivity contribution in [3.63, 3.8) is 0 Å². The van der Waals surface area contributed by atoms with Gasteiger partial charge in [-0.25, -0.2) is 13.2 Å². The molecule has 1 saturated heterocycles. The van der Waals surface area contributed by atoms with Crippen LogP contribution in [0.1, 0.15) is 75.5 Å². The number of ether oxygens (including phenoxy) is 2. The van der Waals surface area contributed by atoms with Gasteiger partial charge >= 0.3 is 5.97 Å². The van der Waals surface area contributed by atoms with Crippen LogP contribution in [0.25, 0.3) is 10.9 Å². The highest BCUT2D eigenvalue weighted by Crippen LogP contribution is 2.55. The lowest BCUT2D eigenvalue weighted by molar-refractivity contribution is -0.132. The van der Waals surface area contributed by atoms with Crippen LogP contribution in [0.2, 0.25) is 0 Å². The van der Waals surface area contributed by atoms with Gasteiger partial charge in [-0.2, -0.15) is 4.31 Å². The smallest absolute Gasteiger partial charge is 0.336 e. The van der Waals surface area contributed by atoms with Gasteiger partial charge in [0.2, 0.25) is 10.0 Å². The number of carboxylic acid groups (broad SMARTS) is 1. The molecule has 2 fully saturated rings. The van der Waals surface area contributed by atoms with E-state index in [1.807, 2.05) is 32.1 Å². The molecule has 5 aliphatic rings. The number of hydrogen-bond donors (Lipinski definition) is 1. The largest absolute Gasteiger partial charge is 0.496 e. The molecule has 2 aromatic rings. The van der Waals surface area contributed by atoms with Gasteiger partial charge in [0.25, 0.3) is 0 Å². The highest BCUT2D eigenvalue weighted by Gasteiger charge is 2.50. The SMILES string of the molecule is COc1ccc(C2CCCCC2)c2c1cc1n2CC2=C(C(=O)O)C2=C2C=CC[C@@H](S(=O)(=O)N3C[C@@H](C)O[C@@H](C)C3)C21. The summed E-state index contributed by atoms with van der Waals surface area (Å²) in [5.41, 5.74) is 5.96. The van der Waals surface area contributed by atoms with Crippen LogP contribution in [0.3, 0.4) is 0 Å². The van der Waals surface area contributed by atoms with Crippen molar-refractivity contribution in [3.05, 3.63) is 63.9 Å². The average molecular weight is 579 g/mol. The second-order valence-electron chi connectivity index (χ2n) is 12.4. The van der Waals surface area contributed by atoms with Gasteiger partial charge < -0.3 is 19.1 Å². The Kier molecular flexibility index (Phi) is 6.48. The number of sulfonamides is 1. The Bertz CT molecular complexity index is 1630. The molecule has 0 spiro atoms. The minimum atomic E-state index is -3.75. The predicted molar refractivity (Wildman–Crippen MR) is 157 cm³/mol. The second kappa shape index (κ2) is 9.85. The first-order valence-corrected chi connectivity index (χ1v) is 16.4. The number of fused-ring (bicyclic) bond motifs is 6. The van der Waals surface area contributed by atoms with E-state index in [0.29, 0.717) is 37.5 Å². The first kappa shape index (κ1) is 27.0. The highest BCUT2D eigenvalue weighted by atomic mass is 32.2. The Morgan fingerprint density at radius 2 is 1.83 bits per heavy atom. The van der Waals surface area contributed by atoms with Crippen LogP contribution in [0.4, 0.5) is 0 Å². The normalized spacial score (nSPS) is 28.8. The molecule has 0 amide bonds. The fraction of sp³-hybridized carbons (Fsp3) is 0.531. The van der Waals surface area contributed by atoms with Crippen molar-refractivity contribution in [2.75, 3.05) is 20.2 Å². The fourth-order valence-electron chi connectivity index (χ4n) is 8.03. The van der Waals surface area contributed by atoms with E-state index in [1.54, 1.807) is 11.4 Å². The van der Waals surface area contributed by atoms with Crippen LogP contribution >= 0.6 is 0 Å². The lowest BCUT2D eigenvalue weighted by Gasteiger charge is -2.39. The molecule has 1 aromatic carbocycles. The molecule has 1 unspecified atom stereocenters. The van der Waals surface area contributed by atoms with Crippen LogP contribution in [0.15, 0.2) is 52.6 Å². The van der Waals surface area contributed by atoms with Crippen LogP contribution in [0.5, 0.6) is 5.75 Å². The summed E-state index contributed by atoms with van der Waals surface area (Å²) in [7, 11) is -2.08. The molecule has 8 nitrogen and oxygen atoms in total. The van der Waals surface area contributed by atoms with E-state index in [2.05, 4.69) is 16.7 Å². The molecule has 3 heterocycles. The van der Waals surface area contributed by atoms with Gasteiger partial charge in [-0.1, -0.05) is 37.5 Å². The van der Waals surface area contributed by atoms with Crippen molar-refractivity contribution in [1.29, 1.82) is 0 Å². The number of allylic oxidation sites excluding steroid dienone is 4. The molecule has 0 radical (unpaired) electrons. The Morgan fingerprint density at radius 3 is 2.51 bits per heavy atom. The molecule has 7 rings (SSSR count). The number of carboxylic acids is 1. The van der Waals surface area contributed by atoms with Crippen molar-refractivity contribution in [1.82, 2.24) is 8.87 Å². The van der Waals surface area contributed by atoms with Gasteiger partial charge in [0, 0.05) is 36.6 Å². The molecule has 3 aliphatic carbocycles. The van der Waals surface area contributed by atoms with E-state index in [0.717, 1.165) is 51.9 Å². The van der Waals surface area contributed by atoms with Crippen LogP contribution in [-0.4, -0.2) is 66.0 Å². The monoisotopic (exact) mass is 578 g/mol. The Morgan fingerprint density at radius 1 is 1.10 bits per heavy atom. The van der Waals surface area contributed by atoms with Crippen LogP contribution < -0.4 is 4.74 Å². The van der Waals surface area contributed by atoms with Crippen molar-refractivity contribution in [3.8, 4) is 5.75 Å². The number of methoxy groups -OCH3 is 1. The quantitative estimate of drug-likeness (QED) is 0.520. The molecule has 1 N–H and O–H groups in total. The van der Waals surface area contributed by atoms with Gasteiger partial charge in [-0.05, 0) is 73.4 Å². The Hall–Kier alpha value is -2.88. The lowest BCUT2D eigenvalue weighted by Crippen LogP contribution is -2.52. The molecule has 218 valence electrons. The summed E-state index contributed by atoms with van der Waals surface area (Å²) < 4.78 is 44.4. The summed E-state index contributed by atoms with van der Waals surface area (Å²) in [6.07, 6.45) is 9.75. The van der Waals surface area contributed by atoms with Crippen LogP contribution in [-0.2, 0) is 26.1 Å². The van der Waals surface area contributed by atoms with Crippen molar-refractivity contribution in [2.24, 2.45) is 0 Å². The Balaban J connectivity index is 1.45. The minimum absolute atomic E-state index is 0.191. The minimum Gasteiger partial charge on any atom is -0.496 e. The van der Waals surface area contributed by atoms with E-state index < -0.39 is 27.2 Å². The Labute approximate surface area is 241 Å². The molecule has 4 atom stereocenters. The summed E-state index contributed by atoms with van der Waals surface area (Å²) in [4.78, 5) is 12.4. The maximum atomic E-state index is 14.4. The van der Waals surface area contributed by atoms with E-state index >= 15 is 0 Å². The average Bonchev–Trinajstić information content (AvgIpc) is 3.59. The van der Waals surface area contributed by atoms with Gasteiger partial charge in [-0.15, -0.1) is 0 Å². The molecule has 2 aliphatic heterocycles. The third-order valence-corrected chi connectivity index (χ3v) is 12.0. The van der Waals surface area contributed by atoms with Crippen molar-refractivity contribution in [2.45, 2.75) is 88.2 Å². The molecule has 41 heavy (non-hydrogen) atoms. The van der Waals surface area contributed by atoms with Crippen molar-refractivity contribution >= 4 is 26.9 Å². The molecule has 1 aromatic heterocycles. The van der Waals surface area contributed by atoms with Gasteiger partial charge in [-0.3, -0.25) is 0 Å². The summed E-state index contributed by atoms with van der Waals surface area (Å²) >= 11 is 0. The van der Waals surface area contributed by atoms with E-state index in [-0.39, 0.29) is 12.2 Å². The van der Waals surface area contributed by atoms with Gasteiger partial charge in [0.15, 0.2) is 0 Å². The third-order valence-electron chi connectivity index (χ3n) is 9.78. The van der Waals surface area contributed by atoms with Gasteiger partial charge in [0.05, 0.1) is 35.7 Å². The zero-order valence-electron chi connectivity index (χ0n) is 23.9. The number of rotatable bonds is 5. The molecule has 1 saturated carbocycles. The zero-order valence-corrected chi connectivity index (χ0v) is 24.7. The van der Waals surface area contributed by atoms with Crippen molar-refractivity contribution < 1.29 is 27.8 Å². The molecular weight excluding hydrogens is 540 g/mol. The summed E-state index contributed by atoms with van der Waals surface area (Å²) in [6.45, 7) is 4.88. The molecule has 0 bridgehead atoms. The summed E-state index contributed by atoms with van der Waals surface area (Å²) in [6, 6.07) is 6.35. The first-order valence-electron chi connectivity index (χ1n) is 14.9. The third kappa shape index (κ3) is 4.22. The topological polar surface area (TPSA) is 98.1 Å². The van der Waals surface area contributed by atoms with Crippen LogP contribution in [0, 0.1) is 0 Å². The number of nitrogens with zero attached hydrogens (tertiary/aromatic N) is 2. The van der Waals surface area contributed by atoms with E-state index in [4.69, 9.17) is 9.47 Å². The highest BCUT2D eigenvalue weighted by molar-refractivity contribution is 7.89. The number of hydrogen-bond acceptors (Lipinski definition) is 5. The number of aromatic nitrogens is 1. The van der Waals surface area contributed by atoms with E-state index in [9.17, 15) is 18.3 Å². The number of benzene rings is 1. The summed E-state index contributed by atoms with van der Waals surface area (Å²) in [5, 5.41) is 10.4. The summed E-state index contributed by atoms with van der Waals surface area (Å²) in [5.74, 6) is -0.254. The number of morpholine rings is 1. The van der Waals surface area contributed by atoms with Gasteiger partial charge in [0.1, 0.15) is 5.75 Å². The maximum Gasteiger partial charge on any atom is 0.336 e. The maximum absolute atomic E-state index is 14.4. The standard InChI is InChI=1S/C32H38N2O6S/c1-18-15-33(16-19(2)40-18)41(37,38)27-11-7-10-22-28-24(30(28)32(35)36)17-34-25(29(22)27)14-23-26(39-3)13-12-21(31(23)34)20-8-5-4-6-9-20/h7,10,12-14,18-20,27,29H,4-6,8-9,11,15-17H2,1-3H3,(H,35,36)/t18-,19+,27-,29?/m1/s1. The fourth-order valence-corrected chi connectivity index (χ4v) is 10.2. The molecule has 9 heteroatoms.